The van der Waals surface area contributed by atoms with Crippen molar-refractivity contribution in [3.63, 3.8) is 0 Å². The number of nitrogens with one attached hydrogen (secondary N) is 1. The largest absolute Gasteiger partial charge is 0.313 e. The van der Waals surface area contributed by atoms with Crippen LogP contribution in [0.3, 0.4) is 0 Å². The van der Waals surface area contributed by atoms with Gasteiger partial charge in [0.2, 0.25) is 0 Å². The van der Waals surface area contributed by atoms with Gasteiger partial charge in [-0.1, -0.05) is 68.8 Å². The van der Waals surface area contributed by atoms with Gasteiger partial charge in [-0.25, -0.2) is 0 Å². The van der Waals surface area contributed by atoms with E-state index in [4.69, 9.17) is 11.6 Å². The second-order valence-corrected chi connectivity index (χ2v) is 6.98. The molecule has 0 aliphatic carbocycles. The van der Waals surface area contributed by atoms with Gasteiger partial charge < -0.3 is 5.32 Å². The fourth-order valence-corrected chi connectivity index (χ4v) is 2.58. The van der Waals surface area contributed by atoms with E-state index < -0.39 is 0 Å². The lowest BCUT2D eigenvalue weighted by Gasteiger charge is -2.21. The molecule has 1 atom stereocenters. The molecule has 0 aromatic heterocycles. The molecule has 1 unspecified atom stereocenters. The minimum absolute atomic E-state index is 0.198. The Morgan fingerprint density at radius 3 is 2.00 bits per heavy atom. The highest BCUT2D eigenvalue weighted by Crippen LogP contribution is 2.25. The third-order valence-electron chi connectivity index (χ3n) is 3.88. The van der Waals surface area contributed by atoms with Crippen LogP contribution in [0.1, 0.15) is 43.5 Å². The smallest absolute Gasteiger partial charge is 0.0406 e. The predicted molar refractivity (Wildman–Crippen MR) is 92.1 cm³/mol. The SMILES string of the molecule is CNC(Cc1ccc(Cl)cc1)c1ccc(C(C)(C)C)cc1. The molecular weight excluding hydrogens is 278 g/mol. The number of rotatable bonds is 4. The van der Waals surface area contributed by atoms with E-state index in [1.54, 1.807) is 0 Å². The van der Waals surface area contributed by atoms with Crippen LogP contribution >= 0.6 is 11.6 Å². The Labute approximate surface area is 133 Å². The molecule has 0 spiro atoms. The third kappa shape index (κ3) is 4.33. The van der Waals surface area contributed by atoms with Crippen LogP contribution in [0.2, 0.25) is 5.02 Å². The topological polar surface area (TPSA) is 12.0 Å². The lowest BCUT2D eigenvalue weighted by atomic mass is 9.86. The summed E-state index contributed by atoms with van der Waals surface area (Å²) in [5.41, 5.74) is 4.18. The van der Waals surface area contributed by atoms with Crippen molar-refractivity contribution in [2.24, 2.45) is 0 Å². The van der Waals surface area contributed by atoms with E-state index in [1.807, 2.05) is 19.2 Å². The highest BCUT2D eigenvalue weighted by atomic mass is 35.5. The van der Waals surface area contributed by atoms with Crippen molar-refractivity contribution in [1.82, 2.24) is 5.32 Å². The molecule has 0 saturated carbocycles. The quantitative estimate of drug-likeness (QED) is 0.824. The van der Waals surface area contributed by atoms with Crippen LogP contribution in [0.4, 0.5) is 0 Å². The molecule has 2 aromatic carbocycles. The molecule has 0 saturated heterocycles. The zero-order valence-corrected chi connectivity index (χ0v) is 14.0. The van der Waals surface area contributed by atoms with Crippen molar-refractivity contribution in [1.29, 1.82) is 0 Å². The average molecular weight is 302 g/mol. The molecule has 0 radical (unpaired) electrons. The van der Waals surface area contributed by atoms with E-state index >= 15 is 0 Å². The Morgan fingerprint density at radius 1 is 0.952 bits per heavy atom. The first kappa shape index (κ1) is 16.1. The first-order chi connectivity index (χ1) is 9.90. The van der Waals surface area contributed by atoms with Crippen LogP contribution in [-0.2, 0) is 11.8 Å². The van der Waals surface area contributed by atoms with Crippen molar-refractivity contribution < 1.29 is 0 Å². The molecular formula is C19H24ClN. The molecule has 2 rings (SSSR count). The summed E-state index contributed by atoms with van der Waals surface area (Å²) in [5, 5.41) is 4.19. The average Bonchev–Trinajstić information content (AvgIpc) is 2.46. The number of likely N-dealkylation sites (N-methyl/N-ethyl adjacent to an activating group) is 1. The summed E-state index contributed by atoms with van der Waals surface area (Å²) < 4.78 is 0. The van der Waals surface area contributed by atoms with E-state index in [0.29, 0.717) is 6.04 Å². The van der Waals surface area contributed by atoms with E-state index in [2.05, 4.69) is 62.5 Å². The zero-order chi connectivity index (χ0) is 15.5. The highest BCUT2D eigenvalue weighted by molar-refractivity contribution is 6.30. The Balaban J connectivity index is 2.15. The number of benzene rings is 2. The molecule has 0 bridgehead atoms. The summed E-state index contributed by atoms with van der Waals surface area (Å²) >= 11 is 5.94. The molecule has 1 N–H and O–H groups in total. The van der Waals surface area contributed by atoms with Crippen molar-refractivity contribution in [3.8, 4) is 0 Å². The van der Waals surface area contributed by atoms with Crippen LogP contribution < -0.4 is 5.32 Å². The standard InChI is InChI=1S/C19H24ClN/c1-19(2,3)16-9-7-15(8-10-16)18(21-4)13-14-5-11-17(20)12-6-14/h5-12,18,21H,13H2,1-4H3. The van der Waals surface area contributed by atoms with Crippen molar-refractivity contribution >= 4 is 11.6 Å². The maximum absolute atomic E-state index is 5.94. The molecule has 0 aliphatic rings. The van der Waals surface area contributed by atoms with Crippen LogP contribution in [-0.4, -0.2) is 7.05 Å². The summed E-state index contributed by atoms with van der Waals surface area (Å²) in [4.78, 5) is 0. The van der Waals surface area contributed by atoms with Crippen LogP contribution in [0, 0.1) is 0 Å². The lowest BCUT2D eigenvalue weighted by Crippen LogP contribution is -2.19. The second kappa shape index (κ2) is 6.64. The molecule has 2 heteroatoms. The van der Waals surface area contributed by atoms with Crippen LogP contribution in [0.25, 0.3) is 0 Å². The lowest BCUT2D eigenvalue weighted by molar-refractivity contribution is 0.580. The predicted octanol–water partition coefficient (Wildman–Crippen LogP) is 5.14. The Kier molecular flexibility index (Phi) is 5.08. The fourth-order valence-electron chi connectivity index (χ4n) is 2.46. The summed E-state index contributed by atoms with van der Waals surface area (Å²) in [5.74, 6) is 0. The summed E-state index contributed by atoms with van der Waals surface area (Å²) in [6.07, 6.45) is 0.961. The first-order valence-electron chi connectivity index (χ1n) is 7.42. The summed E-state index contributed by atoms with van der Waals surface area (Å²) in [6, 6.07) is 17.4. The van der Waals surface area contributed by atoms with E-state index in [0.717, 1.165) is 11.4 Å². The molecule has 0 aliphatic heterocycles. The minimum Gasteiger partial charge on any atom is -0.313 e. The second-order valence-electron chi connectivity index (χ2n) is 6.54. The zero-order valence-electron chi connectivity index (χ0n) is 13.3. The number of halogens is 1. The van der Waals surface area contributed by atoms with Crippen molar-refractivity contribution in [3.05, 3.63) is 70.2 Å². The maximum atomic E-state index is 5.94. The van der Waals surface area contributed by atoms with E-state index in [-0.39, 0.29) is 5.41 Å². The maximum Gasteiger partial charge on any atom is 0.0406 e. The molecule has 0 amide bonds. The van der Waals surface area contributed by atoms with Gasteiger partial charge in [0.05, 0.1) is 0 Å². The summed E-state index contributed by atoms with van der Waals surface area (Å²) in [7, 11) is 2.01. The van der Waals surface area contributed by atoms with E-state index in [1.165, 1.54) is 16.7 Å². The third-order valence-corrected chi connectivity index (χ3v) is 4.13. The fraction of sp³-hybridized carbons (Fsp3) is 0.368. The molecule has 21 heavy (non-hydrogen) atoms. The first-order valence-corrected chi connectivity index (χ1v) is 7.80. The number of hydrogen-bond donors (Lipinski definition) is 1. The van der Waals surface area contributed by atoms with Crippen LogP contribution in [0.15, 0.2) is 48.5 Å². The van der Waals surface area contributed by atoms with Crippen molar-refractivity contribution in [2.75, 3.05) is 7.05 Å². The summed E-state index contributed by atoms with van der Waals surface area (Å²) in [6.45, 7) is 6.72. The van der Waals surface area contributed by atoms with Gasteiger partial charge in [0.1, 0.15) is 0 Å². The normalized spacial score (nSPS) is 13.2. The van der Waals surface area contributed by atoms with Gasteiger partial charge in [0.15, 0.2) is 0 Å². The van der Waals surface area contributed by atoms with E-state index in [9.17, 15) is 0 Å². The molecule has 0 heterocycles. The molecule has 112 valence electrons. The van der Waals surface area contributed by atoms with Gasteiger partial charge in [-0.05, 0) is 47.7 Å². The minimum atomic E-state index is 0.198. The molecule has 0 fully saturated rings. The highest BCUT2D eigenvalue weighted by Gasteiger charge is 2.15. The van der Waals surface area contributed by atoms with Gasteiger partial charge in [-0.15, -0.1) is 0 Å². The van der Waals surface area contributed by atoms with Gasteiger partial charge in [-0.2, -0.15) is 0 Å². The molecule has 2 aromatic rings. The van der Waals surface area contributed by atoms with Crippen LogP contribution in [0.5, 0.6) is 0 Å². The Hall–Kier alpha value is -1.31. The van der Waals surface area contributed by atoms with Gasteiger partial charge in [-0.3, -0.25) is 0 Å². The molecule has 1 nitrogen and oxygen atoms in total. The Morgan fingerprint density at radius 2 is 1.52 bits per heavy atom. The number of hydrogen-bond acceptors (Lipinski definition) is 1. The Bertz CT molecular complexity index is 564. The van der Waals surface area contributed by atoms with Crippen molar-refractivity contribution in [2.45, 2.75) is 38.6 Å². The monoisotopic (exact) mass is 301 g/mol. The van der Waals surface area contributed by atoms with Gasteiger partial charge in [0.25, 0.3) is 0 Å². The van der Waals surface area contributed by atoms with Gasteiger partial charge in [0, 0.05) is 11.1 Å². The van der Waals surface area contributed by atoms with Gasteiger partial charge >= 0.3 is 0 Å².